The first kappa shape index (κ1) is 12.6. The molecule has 2 aromatic rings. The fourth-order valence-electron chi connectivity index (χ4n) is 1.60. The zero-order valence-electron chi connectivity index (χ0n) is 9.60. The van der Waals surface area contributed by atoms with E-state index in [4.69, 9.17) is 10.5 Å². The zero-order valence-corrected chi connectivity index (χ0v) is 11.2. The molecule has 3 nitrogen and oxygen atoms in total. The summed E-state index contributed by atoms with van der Waals surface area (Å²) in [6.45, 7) is 0.307. The standard InChI is InChI=1S/C14H12BrNO2/c15-12-7-3-4-8-13(12)18-9-10-5-1-2-6-11(10)14(16)17/h1-8H,9H2,(H2,16,17). The van der Waals surface area contributed by atoms with Crippen LogP contribution in [0.25, 0.3) is 0 Å². The molecule has 4 heteroatoms. The smallest absolute Gasteiger partial charge is 0.249 e. The van der Waals surface area contributed by atoms with Gasteiger partial charge in [-0.05, 0) is 34.1 Å². The molecule has 0 saturated carbocycles. The van der Waals surface area contributed by atoms with Gasteiger partial charge in [0.1, 0.15) is 12.4 Å². The highest BCUT2D eigenvalue weighted by molar-refractivity contribution is 9.10. The molecule has 2 aromatic carbocycles. The molecule has 0 radical (unpaired) electrons. The molecule has 0 aliphatic heterocycles. The number of ether oxygens (including phenoxy) is 1. The Balaban J connectivity index is 2.16. The van der Waals surface area contributed by atoms with Gasteiger partial charge in [0.25, 0.3) is 0 Å². The van der Waals surface area contributed by atoms with Crippen molar-refractivity contribution in [2.24, 2.45) is 5.73 Å². The summed E-state index contributed by atoms with van der Waals surface area (Å²) < 4.78 is 6.54. The third-order valence-corrected chi connectivity index (χ3v) is 3.16. The average molecular weight is 306 g/mol. The SMILES string of the molecule is NC(=O)c1ccccc1COc1ccccc1Br. The van der Waals surface area contributed by atoms with E-state index in [2.05, 4.69) is 15.9 Å². The minimum Gasteiger partial charge on any atom is -0.488 e. The quantitative estimate of drug-likeness (QED) is 0.943. The van der Waals surface area contributed by atoms with Gasteiger partial charge in [0, 0.05) is 11.1 Å². The first-order chi connectivity index (χ1) is 8.68. The number of para-hydroxylation sites is 1. The van der Waals surface area contributed by atoms with Gasteiger partial charge in [0.05, 0.1) is 4.47 Å². The zero-order chi connectivity index (χ0) is 13.0. The van der Waals surface area contributed by atoms with Crippen molar-refractivity contribution in [3.63, 3.8) is 0 Å². The summed E-state index contributed by atoms with van der Waals surface area (Å²) in [5.41, 5.74) is 6.58. The van der Waals surface area contributed by atoms with Crippen molar-refractivity contribution in [3.8, 4) is 5.75 Å². The molecule has 2 N–H and O–H groups in total. The summed E-state index contributed by atoms with van der Waals surface area (Å²) in [6, 6.07) is 14.7. The lowest BCUT2D eigenvalue weighted by molar-refractivity contribution is 0.0998. The highest BCUT2D eigenvalue weighted by Crippen LogP contribution is 2.25. The maximum absolute atomic E-state index is 11.3. The summed E-state index contributed by atoms with van der Waals surface area (Å²) in [4.78, 5) is 11.3. The van der Waals surface area contributed by atoms with Crippen LogP contribution in [0.5, 0.6) is 5.75 Å². The molecule has 0 heterocycles. The number of carbonyl (C=O) groups is 1. The van der Waals surface area contributed by atoms with Gasteiger partial charge in [-0.1, -0.05) is 30.3 Å². The Morgan fingerprint density at radius 2 is 1.78 bits per heavy atom. The lowest BCUT2D eigenvalue weighted by Gasteiger charge is -2.10. The lowest BCUT2D eigenvalue weighted by atomic mass is 10.1. The molecule has 0 spiro atoms. The van der Waals surface area contributed by atoms with E-state index in [0.29, 0.717) is 12.2 Å². The number of amides is 1. The van der Waals surface area contributed by atoms with Gasteiger partial charge in [-0.2, -0.15) is 0 Å². The number of hydrogen-bond donors (Lipinski definition) is 1. The Labute approximate surface area is 114 Å². The molecule has 0 aliphatic carbocycles. The van der Waals surface area contributed by atoms with Crippen molar-refractivity contribution >= 4 is 21.8 Å². The van der Waals surface area contributed by atoms with Crippen molar-refractivity contribution in [2.45, 2.75) is 6.61 Å². The molecule has 92 valence electrons. The highest BCUT2D eigenvalue weighted by atomic mass is 79.9. The molecular weight excluding hydrogens is 294 g/mol. The number of nitrogens with two attached hydrogens (primary N) is 1. The first-order valence-corrected chi connectivity index (χ1v) is 6.23. The van der Waals surface area contributed by atoms with Crippen LogP contribution >= 0.6 is 15.9 Å². The van der Waals surface area contributed by atoms with E-state index >= 15 is 0 Å². The Morgan fingerprint density at radius 3 is 2.50 bits per heavy atom. The molecule has 0 atom stereocenters. The number of benzene rings is 2. The maximum atomic E-state index is 11.3. The van der Waals surface area contributed by atoms with Crippen molar-refractivity contribution < 1.29 is 9.53 Å². The molecule has 2 rings (SSSR count). The molecule has 1 amide bonds. The molecule has 0 aromatic heterocycles. The molecular formula is C14H12BrNO2. The van der Waals surface area contributed by atoms with Gasteiger partial charge >= 0.3 is 0 Å². The molecule has 0 unspecified atom stereocenters. The van der Waals surface area contributed by atoms with Gasteiger partial charge < -0.3 is 10.5 Å². The second-order valence-corrected chi connectivity index (χ2v) is 4.59. The molecule has 0 aliphatic rings. The largest absolute Gasteiger partial charge is 0.488 e. The Hall–Kier alpha value is -1.81. The monoisotopic (exact) mass is 305 g/mol. The van der Waals surface area contributed by atoms with Crippen LogP contribution in [0.2, 0.25) is 0 Å². The van der Waals surface area contributed by atoms with Crippen LogP contribution < -0.4 is 10.5 Å². The van der Waals surface area contributed by atoms with E-state index in [1.54, 1.807) is 12.1 Å². The summed E-state index contributed by atoms with van der Waals surface area (Å²) >= 11 is 3.40. The minimum absolute atomic E-state index is 0.307. The third-order valence-electron chi connectivity index (χ3n) is 2.50. The van der Waals surface area contributed by atoms with Gasteiger partial charge in [-0.3, -0.25) is 4.79 Å². The molecule has 0 saturated heterocycles. The predicted molar refractivity (Wildman–Crippen MR) is 73.4 cm³/mol. The Bertz CT molecular complexity index is 569. The highest BCUT2D eigenvalue weighted by Gasteiger charge is 2.08. The topological polar surface area (TPSA) is 52.3 Å². The average Bonchev–Trinajstić information content (AvgIpc) is 2.38. The number of rotatable bonds is 4. The van der Waals surface area contributed by atoms with Crippen molar-refractivity contribution in [3.05, 3.63) is 64.1 Å². The fourth-order valence-corrected chi connectivity index (χ4v) is 2.00. The van der Waals surface area contributed by atoms with E-state index in [-0.39, 0.29) is 0 Å². The summed E-state index contributed by atoms with van der Waals surface area (Å²) in [7, 11) is 0. The van der Waals surface area contributed by atoms with E-state index in [9.17, 15) is 4.79 Å². The van der Waals surface area contributed by atoms with Crippen LogP contribution in [0.3, 0.4) is 0 Å². The molecule has 0 fully saturated rings. The summed E-state index contributed by atoms with van der Waals surface area (Å²) in [5, 5.41) is 0. The van der Waals surface area contributed by atoms with E-state index in [1.165, 1.54) is 0 Å². The fraction of sp³-hybridized carbons (Fsp3) is 0.0714. The van der Waals surface area contributed by atoms with Crippen LogP contribution in [-0.2, 0) is 6.61 Å². The molecule has 18 heavy (non-hydrogen) atoms. The second kappa shape index (κ2) is 5.69. The number of halogens is 1. The first-order valence-electron chi connectivity index (χ1n) is 5.43. The van der Waals surface area contributed by atoms with Crippen molar-refractivity contribution in [1.29, 1.82) is 0 Å². The van der Waals surface area contributed by atoms with Gasteiger partial charge in [-0.25, -0.2) is 0 Å². The number of primary amides is 1. The maximum Gasteiger partial charge on any atom is 0.249 e. The third kappa shape index (κ3) is 2.90. The van der Waals surface area contributed by atoms with Crippen LogP contribution in [0.15, 0.2) is 53.0 Å². The second-order valence-electron chi connectivity index (χ2n) is 3.74. The van der Waals surface area contributed by atoms with Crippen molar-refractivity contribution in [2.75, 3.05) is 0 Å². The van der Waals surface area contributed by atoms with E-state index in [0.717, 1.165) is 15.8 Å². The minimum atomic E-state index is -0.443. The van der Waals surface area contributed by atoms with E-state index < -0.39 is 5.91 Å². The summed E-state index contributed by atoms with van der Waals surface area (Å²) in [6.07, 6.45) is 0. The van der Waals surface area contributed by atoms with Gasteiger partial charge in [0.15, 0.2) is 0 Å². The summed E-state index contributed by atoms with van der Waals surface area (Å²) in [5.74, 6) is 0.290. The van der Waals surface area contributed by atoms with Gasteiger partial charge in [-0.15, -0.1) is 0 Å². The normalized spacial score (nSPS) is 10.1. The van der Waals surface area contributed by atoms with Crippen LogP contribution in [0, 0.1) is 0 Å². The number of carbonyl (C=O) groups excluding carboxylic acids is 1. The Morgan fingerprint density at radius 1 is 1.11 bits per heavy atom. The number of hydrogen-bond acceptors (Lipinski definition) is 2. The van der Waals surface area contributed by atoms with Gasteiger partial charge in [0.2, 0.25) is 5.91 Å². The lowest BCUT2D eigenvalue weighted by Crippen LogP contribution is -2.14. The van der Waals surface area contributed by atoms with Crippen molar-refractivity contribution in [1.82, 2.24) is 0 Å². The predicted octanol–water partition coefficient (Wildman–Crippen LogP) is 3.13. The molecule has 0 bridgehead atoms. The van der Waals surface area contributed by atoms with Crippen LogP contribution in [-0.4, -0.2) is 5.91 Å². The Kier molecular flexibility index (Phi) is 3.99. The van der Waals surface area contributed by atoms with Crippen LogP contribution in [0.4, 0.5) is 0 Å². The van der Waals surface area contributed by atoms with E-state index in [1.807, 2.05) is 36.4 Å². The van der Waals surface area contributed by atoms with Crippen LogP contribution in [0.1, 0.15) is 15.9 Å².